The van der Waals surface area contributed by atoms with Gasteiger partial charge in [0.15, 0.2) is 0 Å². The first-order chi connectivity index (χ1) is 12.0. The van der Waals surface area contributed by atoms with Gasteiger partial charge in [-0.1, -0.05) is 65.1 Å². The molecule has 25 heavy (non-hydrogen) atoms. The first-order valence-corrected chi connectivity index (χ1v) is 9.03. The van der Waals surface area contributed by atoms with Gasteiger partial charge in [-0.2, -0.15) is 0 Å². The Kier molecular flexibility index (Phi) is 5.94. The lowest BCUT2D eigenvalue weighted by Crippen LogP contribution is -2.49. The van der Waals surface area contributed by atoms with Gasteiger partial charge in [0.2, 0.25) is 0 Å². The maximum Gasteiger partial charge on any atom is 0.407 e. The van der Waals surface area contributed by atoms with E-state index < -0.39 is 6.09 Å². The first-order valence-electron chi connectivity index (χ1n) is 7.89. The number of carbonyl (C=O) groups excluding carboxylic acids is 1. The summed E-state index contributed by atoms with van der Waals surface area (Å²) in [5, 5.41) is 7.56. The number of alkyl carbamates (subject to hydrolysis) is 1. The smallest absolute Gasteiger partial charge is 0.407 e. The molecule has 0 aliphatic heterocycles. The Morgan fingerprint density at radius 3 is 2.40 bits per heavy atom. The Morgan fingerprint density at radius 2 is 1.68 bits per heavy atom. The molecular formula is C18H17Cl3N2O2. The normalized spacial score (nSPS) is 19.0. The average molecular weight is 400 g/mol. The summed E-state index contributed by atoms with van der Waals surface area (Å²) >= 11 is 18.1. The highest BCUT2D eigenvalue weighted by molar-refractivity contribution is 6.44. The fourth-order valence-corrected chi connectivity index (χ4v) is 3.24. The first kappa shape index (κ1) is 18.2. The summed E-state index contributed by atoms with van der Waals surface area (Å²) in [6, 6.07) is 13.2. The molecule has 1 amide bonds. The lowest BCUT2D eigenvalue weighted by atomic mass is 9.86. The van der Waals surface area contributed by atoms with Crippen molar-refractivity contribution in [2.75, 3.05) is 5.32 Å². The summed E-state index contributed by atoms with van der Waals surface area (Å²) in [5.41, 5.74) is 1.70. The standard InChI is InChI=1S/C18H17Cl3N2O2/c19-14-8-16(21)17(9-15(14)20)22-12-6-13(7-12)23-18(24)25-10-11-4-2-1-3-5-11/h1-5,8-9,12-13,22H,6-7,10H2,(H,23,24). The second kappa shape index (κ2) is 8.17. The number of amides is 1. The van der Waals surface area contributed by atoms with Crippen molar-refractivity contribution in [3.8, 4) is 0 Å². The third-order valence-electron chi connectivity index (χ3n) is 4.04. The number of anilines is 1. The molecule has 0 unspecified atom stereocenters. The summed E-state index contributed by atoms with van der Waals surface area (Å²) in [4.78, 5) is 11.8. The molecule has 2 aromatic rings. The van der Waals surface area contributed by atoms with E-state index in [9.17, 15) is 4.79 Å². The molecule has 0 radical (unpaired) electrons. The van der Waals surface area contributed by atoms with E-state index in [1.807, 2.05) is 30.3 Å². The van der Waals surface area contributed by atoms with Crippen molar-refractivity contribution in [1.82, 2.24) is 5.32 Å². The Bertz CT molecular complexity index is 749. The minimum absolute atomic E-state index is 0.0855. The number of nitrogens with one attached hydrogen (secondary N) is 2. The minimum atomic E-state index is -0.403. The average Bonchev–Trinajstić information content (AvgIpc) is 2.56. The Morgan fingerprint density at radius 1 is 1.00 bits per heavy atom. The maximum absolute atomic E-state index is 11.8. The Hall–Kier alpha value is -1.62. The summed E-state index contributed by atoms with van der Waals surface area (Å²) in [6.07, 6.45) is 1.17. The summed E-state index contributed by atoms with van der Waals surface area (Å²) in [5.74, 6) is 0. The quantitative estimate of drug-likeness (QED) is 0.651. The van der Waals surface area contributed by atoms with E-state index in [-0.39, 0.29) is 18.7 Å². The van der Waals surface area contributed by atoms with Gasteiger partial charge in [0, 0.05) is 12.1 Å². The number of ether oxygens (including phenoxy) is 1. The predicted molar refractivity (Wildman–Crippen MR) is 102 cm³/mol. The highest BCUT2D eigenvalue weighted by Crippen LogP contribution is 2.34. The molecular weight excluding hydrogens is 383 g/mol. The van der Waals surface area contributed by atoms with Crippen molar-refractivity contribution < 1.29 is 9.53 Å². The van der Waals surface area contributed by atoms with E-state index in [0.717, 1.165) is 24.1 Å². The topological polar surface area (TPSA) is 50.4 Å². The zero-order valence-corrected chi connectivity index (χ0v) is 15.5. The number of rotatable bonds is 5. The van der Waals surface area contributed by atoms with Crippen molar-refractivity contribution in [3.05, 3.63) is 63.1 Å². The van der Waals surface area contributed by atoms with Gasteiger partial charge < -0.3 is 15.4 Å². The van der Waals surface area contributed by atoms with Gasteiger partial charge in [-0.25, -0.2) is 4.79 Å². The third kappa shape index (κ3) is 4.94. The van der Waals surface area contributed by atoms with Crippen LogP contribution < -0.4 is 10.6 Å². The van der Waals surface area contributed by atoms with Crippen LogP contribution in [0.5, 0.6) is 0 Å². The SMILES string of the molecule is O=C(NC1CC(Nc2cc(Cl)c(Cl)cc2Cl)C1)OCc1ccccc1. The fraction of sp³-hybridized carbons (Fsp3) is 0.278. The van der Waals surface area contributed by atoms with Crippen LogP contribution >= 0.6 is 34.8 Å². The van der Waals surface area contributed by atoms with Crippen LogP contribution in [0, 0.1) is 0 Å². The highest BCUT2D eigenvalue weighted by atomic mass is 35.5. The summed E-state index contributed by atoms with van der Waals surface area (Å²) < 4.78 is 5.21. The van der Waals surface area contributed by atoms with Gasteiger partial charge in [-0.15, -0.1) is 0 Å². The van der Waals surface area contributed by atoms with Crippen LogP contribution in [0.3, 0.4) is 0 Å². The van der Waals surface area contributed by atoms with E-state index in [2.05, 4.69) is 10.6 Å². The monoisotopic (exact) mass is 398 g/mol. The molecule has 1 fully saturated rings. The Labute approximate surface area is 161 Å². The molecule has 1 aliphatic carbocycles. The van der Waals surface area contributed by atoms with Crippen molar-refractivity contribution in [1.29, 1.82) is 0 Å². The van der Waals surface area contributed by atoms with Crippen LogP contribution in [-0.4, -0.2) is 18.2 Å². The Balaban J connectivity index is 1.41. The van der Waals surface area contributed by atoms with E-state index in [4.69, 9.17) is 39.5 Å². The third-order valence-corrected chi connectivity index (χ3v) is 5.08. The number of hydrogen-bond acceptors (Lipinski definition) is 3. The van der Waals surface area contributed by atoms with Crippen LogP contribution in [0.4, 0.5) is 10.5 Å². The van der Waals surface area contributed by atoms with Crippen LogP contribution in [0.25, 0.3) is 0 Å². The van der Waals surface area contributed by atoms with Gasteiger partial charge in [-0.3, -0.25) is 0 Å². The number of carbonyl (C=O) groups is 1. The second-order valence-electron chi connectivity index (χ2n) is 5.96. The molecule has 0 spiro atoms. The van der Waals surface area contributed by atoms with Gasteiger partial charge >= 0.3 is 6.09 Å². The van der Waals surface area contributed by atoms with Gasteiger partial charge in [0.25, 0.3) is 0 Å². The fourth-order valence-electron chi connectivity index (χ4n) is 2.64. The molecule has 7 heteroatoms. The molecule has 0 atom stereocenters. The summed E-state index contributed by atoms with van der Waals surface area (Å²) in [6.45, 7) is 0.264. The van der Waals surface area contributed by atoms with Crippen LogP contribution in [-0.2, 0) is 11.3 Å². The van der Waals surface area contributed by atoms with E-state index in [1.54, 1.807) is 12.1 Å². The molecule has 1 aliphatic rings. The molecule has 132 valence electrons. The van der Waals surface area contributed by atoms with Crippen molar-refractivity contribution >= 4 is 46.6 Å². The van der Waals surface area contributed by atoms with Crippen molar-refractivity contribution in [3.63, 3.8) is 0 Å². The molecule has 2 aromatic carbocycles. The molecule has 0 aromatic heterocycles. The zero-order chi connectivity index (χ0) is 17.8. The lowest BCUT2D eigenvalue weighted by molar-refractivity contribution is 0.129. The molecule has 0 bridgehead atoms. The van der Waals surface area contributed by atoms with Crippen molar-refractivity contribution in [2.24, 2.45) is 0 Å². The second-order valence-corrected chi connectivity index (χ2v) is 7.18. The minimum Gasteiger partial charge on any atom is -0.445 e. The van der Waals surface area contributed by atoms with Crippen molar-refractivity contribution in [2.45, 2.75) is 31.5 Å². The number of benzene rings is 2. The maximum atomic E-state index is 11.8. The van der Waals surface area contributed by atoms with E-state index >= 15 is 0 Å². The lowest BCUT2D eigenvalue weighted by Gasteiger charge is -2.36. The van der Waals surface area contributed by atoms with Crippen LogP contribution in [0.15, 0.2) is 42.5 Å². The number of halogens is 3. The van der Waals surface area contributed by atoms with Gasteiger partial charge in [0.1, 0.15) is 6.61 Å². The zero-order valence-electron chi connectivity index (χ0n) is 13.3. The van der Waals surface area contributed by atoms with E-state index in [1.165, 1.54) is 0 Å². The molecule has 0 saturated heterocycles. The van der Waals surface area contributed by atoms with Gasteiger partial charge in [-0.05, 0) is 30.5 Å². The molecule has 2 N–H and O–H groups in total. The van der Waals surface area contributed by atoms with Crippen LogP contribution in [0.1, 0.15) is 18.4 Å². The predicted octanol–water partition coefficient (Wildman–Crippen LogP) is 5.52. The largest absolute Gasteiger partial charge is 0.445 e. The summed E-state index contributed by atoms with van der Waals surface area (Å²) in [7, 11) is 0. The van der Waals surface area contributed by atoms with Crippen LogP contribution in [0.2, 0.25) is 15.1 Å². The van der Waals surface area contributed by atoms with Gasteiger partial charge in [0.05, 0.1) is 20.8 Å². The number of hydrogen-bond donors (Lipinski definition) is 2. The molecule has 0 heterocycles. The molecule has 3 rings (SSSR count). The molecule has 1 saturated carbocycles. The highest BCUT2D eigenvalue weighted by Gasteiger charge is 2.31. The molecule has 4 nitrogen and oxygen atoms in total. The van der Waals surface area contributed by atoms with E-state index in [0.29, 0.717) is 15.1 Å².